The quantitative estimate of drug-likeness (QED) is 0.467. The van der Waals surface area contributed by atoms with Crippen molar-refractivity contribution in [1.29, 1.82) is 5.26 Å². The van der Waals surface area contributed by atoms with Gasteiger partial charge in [-0.2, -0.15) is 5.26 Å². The minimum Gasteiger partial charge on any atom is -0.431 e. The van der Waals surface area contributed by atoms with E-state index in [0.29, 0.717) is 42.7 Å². The van der Waals surface area contributed by atoms with Crippen LogP contribution >= 0.6 is 22.7 Å². The molecule has 2 heterocycles. The maximum atomic E-state index is 12.5. The topological polar surface area (TPSA) is 101 Å². The smallest absolute Gasteiger partial charge is 0.431 e. The Morgan fingerprint density at radius 1 is 1.36 bits per heavy atom. The molecular weight excluding hydrogens is 458 g/mol. The first-order chi connectivity index (χ1) is 16.0. The van der Waals surface area contributed by atoms with Crippen LogP contribution in [-0.2, 0) is 40.1 Å². The summed E-state index contributed by atoms with van der Waals surface area (Å²) in [5, 5.41) is 13.2. The number of fused-ring (bicyclic) bond motifs is 1. The van der Waals surface area contributed by atoms with E-state index >= 15 is 0 Å². The molecule has 9 heteroatoms. The molecule has 1 unspecified atom stereocenters. The Bertz CT molecular complexity index is 1180. The number of nitrogens with one attached hydrogen (secondary N) is 1. The second kappa shape index (κ2) is 10.6. The summed E-state index contributed by atoms with van der Waals surface area (Å²) >= 11 is 2.80. The number of anilines is 1. The molecule has 0 aliphatic heterocycles. The van der Waals surface area contributed by atoms with Crippen molar-refractivity contribution in [3.8, 4) is 6.07 Å². The molecule has 0 spiro atoms. The molecule has 0 radical (unpaired) electrons. The van der Waals surface area contributed by atoms with E-state index in [4.69, 9.17) is 9.47 Å². The molecule has 33 heavy (non-hydrogen) atoms. The van der Waals surface area contributed by atoms with Crippen LogP contribution in [-0.4, -0.2) is 23.2 Å². The standard InChI is InChI=1S/C24H23N3O4S2/c1-15-3-2-4-16(9-15)5-8-22(28)27-23-20(11-25)19-7-6-17(10-21(19)33-23)31-24(29)30-13-18-12-26-14-32-18/h2-4,9,12,14,17H,5-8,10,13H2,1H3,(H,27,28). The predicted molar refractivity (Wildman–Crippen MR) is 126 cm³/mol. The number of hydrogen-bond acceptors (Lipinski definition) is 8. The molecule has 1 aliphatic carbocycles. The Kier molecular flexibility index (Phi) is 7.37. The zero-order valence-corrected chi connectivity index (χ0v) is 19.8. The van der Waals surface area contributed by atoms with Gasteiger partial charge in [-0.05, 0) is 37.3 Å². The number of benzene rings is 1. The molecule has 3 aromatic rings. The molecule has 1 amide bonds. The van der Waals surface area contributed by atoms with E-state index in [-0.39, 0.29) is 18.6 Å². The van der Waals surface area contributed by atoms with E-state index in [2.05, 4.69) is 22.4 Å². The Labute approximate surface area is 200 Å². The van der Waals surface area contributed by atoms with E-state index in [0.717, 1.165) is 26.4 Å². The van der Waals surface area contributed by atoms with Crippen molar-refractivity contribution in [2.75, 3.05) is 5.32 Å². The van der Waals surface area contributed by atoms with Crippen LogP contribution in [0.4, 0.5) is 9.80 Å². The molecule has 0 bridgehead atoms. The van der Waals surface area contributed by atoms with Gasteiger partial charge in [-0.3, -0.25) is 9.78 Å². The summed E-state index contributed by atoms with van der Waals surface area (Å²) in [4.78, 5) is 30.3. The number of aryl methyl sites for hydroxylation is 2. The first kappa shape index (κ1) is 23.0. The molecule has 0 saturated heterocycles. The van der Waals surface area contributed by atoms with Crippen LogP contribution in [0.5, 0.6) is 0 Å². The molecule has 170 valence electrons. The van der Waals surface area contributed by atoms with Gasteiger partial charge in [0.2, 0.25) is 5.91 Å². The number of nitrogens with zero attached hydrogens (tertiary/aromatic N) is 2. The Balaban J connectivity index is 1.33. The molecule has 2 aromatic heterocycles. The lowest BCUT2D eigenvalue weighted by molar-refractivity contribution is -0.116. The summed E-state index contributed by atoms with van der Waals surface area (Å²) in [5.74, 6) is -0.119. The summed E-state index contributed by atoms with van der Waals surface area (Å²) in [6.07, 6.45) is 3.32. The fraction of sp³-hybridized carbons (Fsp3) is 0.333. The Morgan fingerprint density at radius 2 is 2.24 bits per heavy atom. The number of amides is 1. The van der Waals surface area contributed by atoms with Crippen molar-refractivity contribution in [2.45, 2.75) is 51.7 Å². The predicted octanol–water partition coefficient (Wildman–Crippen LogP) is 5.17. The van der Waals surface area contributed by atoms with Crippen molar-refractivity contribution in [3.63, 3.8) is 0 Å². The highest BCUT2D eigenvalue weighted by Gasteiger charge is 2.29. The third kappa shape index (κ3) is 5.97. The number of nitriles is 1. The van der Waals surface area contributed by atoms with Gasteiger partial charge in [-0.25, -0.2) is 4.79 Å². The van der Waals surface area contributed by atoms with Crippen LogP contribution < -0.4 is 5.32 Å². The van der Waals surface area contributed by atoms with E-state index in [1.807, 2.05) is 25.1 Å². The van der Waals surface area contributed by atoms with E-state index in [1.165, 1.54) is 22.7 Å². The largest absolute Gasteiger partial charge is 0.508 e. The van der Waals surface area contributed by atoms with Crippen molar-refractivity contribution in [2.24, 2.45) is 0 Å². The maximum Gasteiger partial charge on any atom is 0.508 e. The van der Waals surface area contributed by atoms with Gasteiger partial charge in [0.15, 0.2) is 0 Å². The second-order valence-corrected chi connectivity index (χ2v) is 9.92. The Hall–Kier alpha value is -3.22. The highest BCUT2D eigenvalue weighted by Crippen LogP contribution is 2.38. The minimum atomic E-state index is -0.710. The minimum absolute atomic E-state index is 0.119. The van der Waals surface area contributed by atoms with Gasteiger partial charge >= 0.3 is 6.16 Å². The molecule has 0 fully saturated rings. The fourth-order valence-corrected chi connectivity index (χ4v) is 5.58. The lowest BCUT2D eigenvalue weighted by Crippen LogP contribution is -2.25. The van der Waals surface area contributed by atoms with Gasteiger partial charge < -0.3 is 14.8 Å². The summed E-state index contributed by atoms with van der Waals surface area (Å²) in [7, 11) is 0. The molecule has 7 nitrogen and oxygen atoms in total. The molecule has 1 aromatic carbocycles. The van der Waals surface area contributed by atoms with Gasteiger partial charge in [-0.15, -0.1) is 22.7 Å². The molecule has 1 N–H and O–H groups in total. The first-order valence-corrected chi connectivity index (χ1v) is 12.3. The number of carbonyl (C=O) groups excluding carboxylic acids is 2. The zero-order chi connectivity index (χ0) is 23.2. The number of hydrogen-bond donors (Lipinski definition) is 1. The average molecular weight is 482 g/mol. The lowest BCUT2D eigenvalue weighted by Gasteiger charge is -2.21. The highest BCUT2D eigenvalue weighted by molar-refractivity contribution is 7.16. The number of ether oxygens (including phenoxy) is 2. The van der Waals surface area contributed by atoms with Crippen LogP contribution in [0.3, 0.4) is 0 Å². The van der Waals surface area contributed by atoms with Gasteiger partial charge in [0.25, 0.3) is 0 Å². The number of thiophene rings is 1. The number of aromatic nitrogens is 1. The van der Waals surface area contributed by atoms with Crippen LogP contribution in [0.15, 0.2) is 36.0 Å². The van der Waals surface area contributed by atoms with Gasteiger partial charge in [0.1, 0.15) is 23.8 Å². The maximum absolute atomic E-state index is 12.5. The number of thiazole rings is 1. The van der Waals surface area contributed by atoms with Crippen molar-refractivity contribution < 1.29 is 19.1 Å². The number of carbonyl (C=O) groups is 2. The van der Waals surface area contributed by atoms with Crippen LogP contribution in [0.2, 0.25) is 0 Å². The molecule has 4 rings (SSSR count). The van der Waals surface area contributed by atoms with Gasteiger partial charge in [0.05, 0.1) is 16.0 Å². The zero-order valence-electron chi connectivity index (χ0n) is 18.1. The van der Waals surface area contributed by atoms with E-state index in [1.54, 1.807) is 11.7 Å². The van der Waals surface area contributed by atoms with Crippen molar-refractivity contribution in [3.05, 3.63) is 68.0 Å². The van der Waals surface area contributed by atoms with Crippen LogP contribution in [0.1, 0.15) is 44.8 Å². The lowest BCUT2D eigenvalue weighted by atomic mass is 9.94. The third-order valence-corrected chi connectivity index (χ3v) is 7.31. The normalized spacial score (nSPS) is 14.7. The van der Waals surface area contributed by atoms with Crippen molar-refractivity contribution in [1.82, 2.24) is 4.98 Å². The summed E-state index contributed by atoms with van der Waals surface area (Å²) in [6, 6.07) is 10.3. The SMILES string of the molecule is Cc1cccc(CCC(=O)Nc2sc3c(c2C#N)CCC(OC(=O)OCc2cncs2)C3)c1. The monoisotopic (exact) mass is 481 g/mol. The fourth-order valence-electron chi connectivity index (χ4n) is 3.79. The highest BCUT2D eigenvalue weighted by atomic mass is 32.1. The van der Waals surface area contributed by atoms with E-state index < -0.39 is 6.16 Å². The summed E-state index contributed by atoms with van der Waals surface area (Å²) < 4.78 is 10.6. The van der Waals surface area contributed by atoms with Crippen molar-refractivity contribution >= 4 is 39.7 Å². The Morgan fingerprint density at radius 3 is 3.00 bits per heavy atom. The summed E-state index contributed by atoms with van der Waals surface area (Å²) in [6.45, 7) is 2.16. The molecule has 1 atom stereocenters. The molecular formula is C24H23N3O4S2. The van der Waals surface area contributed by atoms with Crippen LogP contribution in [0.25, 0.3) is 0 Å². The molecule has 1 aliphatic rings. The summed E-state index contributed by atoms with van der Waals surface area (Å²) in [5.41, 5.74) is 5.41. The van der Waals surface area contributed by atoms with Gasteiger partial charge in [-0.1, -0.05) is 29.8 Å². The third-order valence-electron chi connectivity index (χ3n) is 5.39. The first-order valence-electron chi connectivity index (χ1n) is 10.6. The molecule has 0 saturated carbocycles. The second-order valence-electron chi connectivity index (χ2n) is 7.85. The number of rotatable bonds is 7. The van der Waals surface area contributed by atoms with Gasteiger partial charge in [0, 0.05) is 23.9 Å². The van der Waals surface area contributed by atoms with E-state index in [9.17, 15) is 14.9 Å². The van der Waals surface area contributed by atoms with Crippen LogP contribution in [0, 0.1) is 18.3 Å². The average Bonchev–Trinajstić information content (AvgIpc) is 3.43.